The first-order valence-electron chi connectivity index (χ1n) is 8.73. The van der Waals surface area contributed by atoms with E-state index in [4.69, 9.17) is 4.99 Å². The van der Waals surface area contributed by atoms with E-state index in [0.29, 0.717) is 0 Å². The number of benzene rings is 3. The number of rotatable bonds is 2. The van der Waals surface area contributed by atoms with Crippen molar-refractivity contribution >= 4 is 35.4 Å². The minimum atomic E-state index is 1.02. The summed E-state index contributed by atoms with van der Waals surface area (Å²) in [7, 11) is 2.14. The maximum atomic E-state index is 4.80. The Hall–Kier alpha value is -2.52. The van der Waals surface area contributed by atoms with Gasteiger partial charge in [-0.2, -0.15) is 0 Å². The Morgan fingerprint density at radius 2 is 1.62 bits per heavy atom. The van der Waals surface area contributed by atoms with Gasteiger partial charge in [-0.1, -0.05) is 42.1 Å². The summed E-state index contributed by atoms with van der Waals surface area (Å²) in [5.74, 6) is 0. The Kier molecular flexibility index (Phi) is 4.12. The summed E-state index contributed by atoms with van der Waals surface area (Å²) < 4.78 is 0. The zero-order valence-electron chi connectivity index (χ0n) is 15.6. The van der Waals surface area contributed by atoms with Crippen LogP contribution in [0.3, 0.4) is 0 Å². The zero-order chi connectivity index (χ0) is 18.4. The molecule has 3 heteroatoms. The molecule has 2 nitrogen and oxygen atoms in total. The second-order valence-electron chi connectivity index (χ2n) is 6.97. The quantitative estimate of drug-likeness (QED) is 0.489. The smallest absolute Gasteiger partial charge is 0.0778 e. The second kappa shape index (κ2) is 6.33. The van der Waals surface area contributed by atoms with Crippen LogP contribution in [-0.2, 0) is 0 Å². The molecule has 1 heterocycles. The van der Waals surface area contributed by atoms with Gasteiger partial charge in [-0.3, -0.25) is 0 Å². The van der Waals surface area contributed by atoms with E-state index in [1.807, 2.05) is 12.1 Å². The van der Waals surface area contributed by atoms with Crippen molar-refractivity contribution in [1.82, 2.24) is 0 Å². The normalized spacial score (nSPS) is 12.2. The van der Waals surface area contributed by atoms with Crippen molar-refractivity contribution in [3.63, 3.8) is 0 Å². The first-order valence-corrected chi connectivity index (χ1v) is 9.55. The molecule has 3 aromatic carbocycles. The number of hydrogen-bond donors (Lipinski definition) is 0. The molecule has 1 aliphatic rings. The topological polar surface area (TPSA) is 15.6 Å². The lowest BCUT2D eigenvalue weighted by atomic mass is 10.0. The predicted octanol–water partition coefficient (Wildman–Crippen LogP) is 5.21. The summed E-state index contributed by atoms with van der Waals surface area (Å²) in [6, 6.07) is 17.2. The monoisotopic (exact) mass is 358 g/mol. The molecule has 1 aliphatic heterocycles. The molecule has 0 saturated heterocycles. The molecule has 0 atom stereocenters. The van der Waals surface area contributed by atoms with Gasteiger partial charge < -0.3 is 4.90 Å². The summed E-state index contributed by atoms with van der Waals surface area (Å²) >= 11 is 1.77. The third kappa shape index (κ3) is 2.93. The standard InChI is InChI=1S/C23H22N2S/c1-14-6-8-19-21(12-14)26-22-13-18(7-9-20(22)24-19)25(5)23-16(3)10-15(2)11-17(23)4/h6-13H,1H2,2-5H3. The Balaban J connectivity index is 1.77. The molecule has 0 aliphatic carbocycles. The average Bonchev–Trinajstić information content (AvgIpc) is 2.58. The van der Waals surface area contributed by atoms with Crippen molar-refractivity contribution in [2.45, 2.75) is 30.6 Å². The van der Waals surface area contributed by atoms with Crippen LogP contribution in [0.15, 0.2) is 63.3 Å². The molecule has 0 spiro atoms. The zero-order valence-corrected chi connectivity index (χ0v) is 16.4. The van der Waals surface area contributed by atoms with E-state index in [0.717, 1.165) is 16.3 Å². The number of aryl methyl sites for hydroxylation is 3. The van der Waals surface area contributed by atoms with Crippen molar-refractivity contribution < 1.29 is 0 Å². The molecule has 0 fully saturated rings. The summed E-state index contributed by atoms with van der Waals surface area (Å²) in [4.78, 5) is 9.44. The highest BCUT2D eigenvalue weighted by molar-refractivity contribution is 7.99. The van der Waals surface area contributed by atoms with Crippen LogP contribution < -0.4 is 15.5 Å². The molecular weight excluding hydrogens is 336 g/mol. The van der Waals surface area contributed by atoms with E-state index in [1.165, 1.54) is 37.9 Å². The van der Waals surface area contributed by atoms with E-state index in [2.05, 4.69) is 75.7 Å². The molecular formula is C23H22N2S. The molecule has 0 radical (unpaired) electrons. The Morgan fingerprint density at radius 3 is 2.35 bits per heavy atom. The second-order valence-corrected chi connectivity index (χ2v) is 8.06. The lowest BCUT2D eigenvalue weighted by Gasteiger charge is -2.25. The van der Waals surface area contributed by atoms with Crippen LogP contribution in [0.4, 0.5) is 17.1 Å². The third-order valence-electron chi connectivity index (χ3n) is 4.79. The molecule has 0 bridgehead atoms. The lowest BCUT2D eigenvalue weighted by molar-refractivity contribution is 1.12. The Morgan fingerprint density at radius 1 is 0.885 bits per heavy atom. The molecule has 0 aromatic heterocycles. The highest BCUT2D eigenvalue weighted by Crippen LogP contribution is 2.40. The fourth-order valence-electron chi connectivity index (χ4n) is 3.70. The van der Waals surface area contributed by atoms with Gasteiger partial charge in [-0.15, -0.1) is 0 Å². The first kappa shape index (κ1) is 16.9. The highest BCUT2D eigenvalue weighted by Gasteiger charge is 2.16. The fraction of sp³-hybridized carbons (Fsp3) is 0.174. The van der Waals surface area contributed by atoms with Crippen molar-refractivity contribution in [3.8, 4) is 0 Å². The van der Waals surface area contributed by atoms with Gasteiger partial charge in [0.2, 0.25) is 0 Å². The summed E-state index contributed by atoms with van der Waals surface area (Å²) in [5, 5.41) is 2.05. The van der Waals surface area contributed by atoms with Crippen LogP contribution in [0, 0.1) is 20.8 Å². The van der Waals surface area contributed by atoms with Gasteiger partial charge in [-0.25, -0.2) is 4.99 Å². The van der Waals surface area contributed by atoms with Gasteiger partial charge in [0.05, 0.1) is 11.0 Å². The van der Waals surface area contributed by atoms with Crippen LogP contribution in [0.2, 0.25) is 0 Å². The van der Waals surface area contributed by atoms with E-state index < -0.39 is 0 Å². The molecule has 0 amide bonds. The van der Waals surface area contributed by atoms with Crippen LogP contribution in [0.1, 0.15) is 16.7 Å². The fourth-order valence-corrected chi connectivity index (χ4v) is 4.76. The summed E-state index contributed by atoms with van der Waals surface area (Å²) in [6.45, 7) is 10.5. The van der Waals surface area contributed by atoms with Crippen molar-refractivity contribution in [2.24, 2.45) is 4.99 Å². The van der Waals surface area contributed by atoms with Gasteiger partial charge >= 0.3 is 0 Å². The SMILES string of the molecule is C=c1ccc2c(c1)Sc1cc(N(C)c3c(C)cc(C)cc3C)ccc1N=2. The van der Waals surface area contributed by atoms with E-state index >= 15 is 0 Å². The van der Waals surface area contributed by atoms with Crippen LogP contribution in [0.5, 0.6) is 0 Å². The summed E-state index contributed by atoms with van der Waals surface area (Å²) in [5.41, 5.74) is 7.38. The number of hydrogen-bond acceptors (Lipinski definition) is 3. The molecule has 130 valence electrons. The molecule has 3 aromatic rings. The van der Waals surface area contributed by atoms with Gasteiger partial charge in [0.1, 0.15) is 0 Å². The molecule has 0 unspecified atom stereocenters. The van der Waals surface area contributed by atoms with Crippen LogP contribution in [0.25, 0.3) is 6.58 Å². The average molecular weight is 359 g/mol. The maximum Gasteiger partial charge on any atom is 0.0778 e. The van der Waals surface area contributed by atoms with E-state index in [-0.39, 0.29) is 0 Å². The largest absolute Gasteiger partial charge is 0.344 e. The predicted molar refractivity (Wildman–Crippen MR) is 112 cm³/mol. The van der Waals surface area contributed by atoms with Crippen molar-refractivity contribution in [1.29, 1.82) is 0 Å². The molecule has 0 N–H and O–H groups in total. The molecule has 4 rings (SSSR count). The number of fused-ring (bicyclic) bond motifs is 2. The van der Waals surface area contributed by atoms with E-state index in [9.17, 15) is 0 Å². The first-order chi connectivity index (χ1) is 12.4. The number of nitrogens with zero attached hydrogens (tertiary/aromatic N) is 2. The molecule has 26 heavy (non-hydrogen) atoms. The van der Waals surface area contributed by atoms with Gasteiger partial charge in [0.25, 0.3) is 0 Å². The van der Waals surface area contributed by atoms with Crippen molar-refractivity contribution in [2.75, 3.05) is 11.9 Å². The van der Waals surface area contributed by atoms with Gasteiger partial charge in [0, 0.05) is 28.2 Å². The Labute approximate surface area is 158 Å². The maximum absolute atomic E-state index is 4.80. The van der Waals surface area contributed by atoms with Crippen LogP contribution in [-0.4, -0.2) is 7.05 Å². The third-order valence-corrected chi connectivity index (χ3v) is 5.88. The minimum absolute atomic E-state index is 1.02. The van der Waals surface area contributed by atoms with E-state index in [1.54, 1.807) is 11.8 Å². The minimum Gasteiger partial charge on any atom is -0.344 e. The summed E-state index contributed by atoms with van der Waals surface area (Å²) in [6.07, 6.45) is 0. The van der Waals surface area contributed by atoms with Crippen LogP contribution >= 0.6 is 11.8 Å². The Bertz CT molecular complexity index is 1110. The number of anilines is 2. The van der Waals surface area contributed by atoms with Gasteiger partial charge in [-0.05, 0) is 67.4 Å². The highest BCUT2D eigenvalue weighted by atomic mass is 32.2. The van der Waals surface area contributed by atoms with Crippen molar-refractivity contribution in [3.05, 3.63) is 75.8 Å². The lowest BCUT2D eigenvalue weighted by Crippen LogP contribution is -2.14. The van der Waals surface area contributed by atoms with Gasteiger partial charge in [0.15, 0.2) is 0 Å². The molecule has 0 saturated carbocycles.